The summed E-state index contributed by atoms with van der Waals surface area (Å²) in [4.78, 5) is 20.0. The van der Waals surface area contributed by atoms with Gasteiger partial charge in [0.1, 0.15) is 12.4 Å². The number of rotatable bonds is 8. The van der Waals surface area contributed by atoms with Crippen LogP contribution in [-0.4, -0.2) is 34.7 Å². The number of halogens is 2. The van der Waals surface area contributed by atoms with Crippen molar-refractivity contribution in [2.24, 2.45) is 4.99 Å². The predicted molar refractivity (Wildman–Crippen MR) is 136 cm³/mol. The van der Waals surface area contributed by atoms with Crippen molar-refractivity contribution in [3.8, 4) is 11.5 Å². The topological polar surface area (TPSA) is 51.1 Å². The number of hydrogen-bond donors (Lipinski definition) is 0. The van der Waals surface area contributed by atoms with Gasteiger partial charge in [-0.15, -0.1) is 0 Å². The van der Waals surface area contributed by atoms with Crippen LogP contribution < -0.4 is 9.47 Å². The first-order chi connectivity index (χ1) is 15.7. The summed E-state index contributed by atoms with van der Waals surface area (Å²) in [5.41, 5.74) is 1.65. The fraction of sp³-hybridized carbons (Fsp3) is 0.360. The Labute approximate surface area is 207 Å². The lowest BCUT2D eigenvalue weighted by Crippen LogP contribution is -2.35. The third kappa shape index (κ3) is 6.38. The summed E-state index contributed by atoms with van der Waals surface area (Å²) in [6.07, 6.45) is 1.85. The largest absolute Gasteiger partial charge is 0.490 e. The fourth-order valence-corrected chi connectivity index (χ4v) is 5.02. The Kier molecular flexibility index (Phi) is 8.59. The normalized spacial score (nSPS) is 16.5. The molecule has 33 heavy (non-hydrogen) atoms. The van der Waals surface area contributed by atoms with Crippen molar-refractivity contribution in [1.82, 2.24) is 4.90 Å². The lowest BCUT2D eigenvalue weighted by molar-refractivity contribution is -0.123. The van der Waals surface area contributed by atoms with Crippen LogP contribution in [0.25, 0.3) is 6.08 Å². The maximum absolute atomic E-state index is 13.2. The Hall–Kier alpha value is -2.32. The smallest absolute Gasteiger partial charge is 0.266 e. The van der Waals surface area contributed by atoms with Gasteiger partial charge in [0.2, 0.25) is 0 Å². The zero-order valence-corrected chi connectivity index (χ0v) is 21.8. The average Bonchev–Trinajstić information content (AvgIpc) is 3.03. The third-order valence-corrected chi connectivity index (χ3v) is 6.23. The molecular formula is C25H28BrFN2O3S. The highest BCUT2D eigenvalue weighted by Crippen LogP contribution is 2.40. The highest BCUT2D eigenvalue weighted by molar-refractivity contribution is 9.10. The molecule has 5 nitrogen and oxygen atoms in total. The van der Waals surface area contributed by atoms with Gasteiger partial charge in [-0.2, -0.15) is 0 Å². The molecule has 0 atom stereocenters. The molecule has 1 amide bonds. The number of carbonyl (C=O) groups is 1. The molecule has 3 rings (SSSR count). The lowest BCUT2D eigenvalue weighted by atomic mass is 10.1. The van der Waals surface area contributed by atoms with Gasteiger partial charge in [-0.05, 0) is 104 Å². The second-order valence-electron chi connectivity index (χ2n) is 8.06. The van der Waals surface area contributed by atoms with Crippen LogP contribution >= 0.6 is 27.7 Å². The van der Waals surface area contributed by atoms with Crippen LogP contribution in [0, 0.1) is 5.82 Å². The van der Waals surface area contributed by atoms with Crippen LogP contribution in [0.3, 0.4) is 0 Å². The highest BCUT2D eigenvalue weighted by atomic mass is 79.9. The molecular weight excluding hydrogens is 507 g/mol. The number of aliphatic imine (C=N–C) groups is 1. The van der Waals surface area contributed by atoms with Crippen molar-refractivity contribution in [3.63, 3.8) is 0 Å². The summed E-state index contributed by atoms with van der Waals surface area (Å²) in [7, 11) is 0. The van der Waals surface area contributed by atoms with Crippen molar-refractivity contribution in [1.29, 1.82) is 0 Å². The second kappa shape index (κ2) is 11.2. The molecule has 0 saturated carbocycles. The van der Waals surface area contributed by atoms with E-state index in [2.05, 4.69) is 20.9 Å². The molecule has 1 aliphatic heterocycles. The van der Waals surface area contributed by atoms with Gasteiger partial charge in [0.05, 0.1) is 16.0 Å². The van der Waals surface area contributed by atoms with Gasteiger partial charge in [-0.25, -0.2) is 4.39 Å². The molecule has 0 spiro atoms. The van der Waals surface area contributed by atoms with Gasteiger partial charge < -0.3 is 9.47 Å². The van der Waals surface area contributed by atoms with Crippen LogP contribution in [0.2, 0.25) is 0 Å². The predicted octanol–water partition coefficient (Wildman–Crippen LogP) is 6.66. The van der Waals surface area contributed by atoms with E-state index in [1.165, 1.54) is 23.9 Å². The SMILES string of the molecule is CCOc1cc(/C=C2/SC(=NC(C)C)N(C(C)C)C2=O)cc(Br)c1OCc1ccc(F)cc1. The monoisotopic (exact) mass is 534 g/mol. The average molecular weight is 535 g/mol. The number of amidine groups is 1. The number of nitrogens with zero attached hydrogens (tertiary/aromatic N) is 2. The molecule has 1 aliphatic rings. The Morgan fingerprint density at radius 2 is 1.85 bits per heavy atom. The van der Waals surface area contributed by atoms with Crippen LogP contribution in [0.15, 0.2) is 50.8 Å². The molecule has 0 unspecified atom stereocenters. The van der Waals surface area contributed by atoms with E-state index in [9.17, 15) is 9.18 Å². The van der Waals surface area contributed by atoms with E-state index < -0.39 is 0 Å². The van der Waals surface area contributed by atoms with E-state index in [0.717, 1.165) is 16.3 Å². The molecule has 0 bridgehead atoms. The number of hydrogen-bond acceptors (Lipinski definition) is 5. The molecule has 0 N–H and O–H groups in total. The summed E-state index contributed by atoms with van der Waals surface area (Å²) in [6, 6.07) is 10.0. The molecule has 1 heterocycles. The third-order valence-electron chi connectivity index (χ3n) is 4.65. The molecule has 2 aromatic rings. The van der Waals surface area contributed by atoms with Crippen LogP contribution in [0.4, 0.5) is 4.39 Å². The number of benzene rings is 2. The first-order valence-electron chi connectivity index (χ1n) is 10.8. The van der Waals surface area contributed by atoms with Gasteiger partial charge >= 0.3 is 0 Å². The van der Waals surface area contributed by atoms with Crippen LogP contribution in [0.1, 0.15) is 45.7 Å². The standard InChI is InChI=1S/C25H28BrFN2O3S/c1-6-31-21-12-18(11-20(26)23(21)32-14-17-7-9-19(27)10-8-17)13-22-24(30)29(16(4)5)25(33-22)28-15(2)3/h7-13,15-16H,6,14H2,1-5H3/b22-13+,28-25?. The molecule has 0 aliphatic carbocycles. The molecule has 1 fully saturated rings. The van der Waals surface area contributed by atoms with Crippen molar-refractivity contribution in [2.45, 2.75) is 53.3 Å². The van der Waals surface area contributed by atoms with Crippen molar-refractivity contribution in [2.75, 3.05) is 6.61 Å². The Morgan fingerprint density at radius 3 is 2.45 bits per heavy atom. The van der Waals surface area contributed by atoms with Crippen molar-refractivity contribution in [3.05, 3.63) is 62.7 Å². The first-order valence-corrected chi connectivity index (χ1v) is 12.4. The zero-order chi connectivity index (χ0) is 24.1. The molecule has 0 radical (unpaired) electrons. The zero-order valence-electron chi connectivity index (χ0n) is 19.4. The van der Waals surface area contributed by atoms with E-state index in [1.807, 2.05) is 52.8 Å². The number of ether oxygens (including phenoxy) is 2. The Morgan fingerprint density at radius 1 is 1.15 bits per heavy atom. The minimum atomic E-state index is -0.288. The van der Waals surface area contributed by atoms with E-state index in [1.54, 1.807) is 17.0 Å². The van der Waals surface area contributed by atoms with Crippen molar-refractivity contribution < 1.29 is 18.7 Å². The maximum atomic E-state index is 13.2. The minimum Gasteiger partial charge on any atom is -0.490 e. The maximum Gasteiger partial charge on any atom is 0.266 e. The number of amides is 1. The molecule has 8 heteroatoms. The van der Waals surface area contributed by atoms with Gasteiger partial charge in [-0.1, -0.05) is 12.1 Å². The lowest BCUT2D eigenvalue weighted by Gasteiger charge is -2.20. The summed E-state index contributed by atoms with van der Waals surface area (Å²) >= 11 is 4.96. The van der Waals surface area contributed by atoms with Gasteiger partial charge in [-0.3, -0.25) is 14.7 Å². The second-order valence-corrected chi connectivity index (χ2v) is 9.93. The number of thioether (sulfide) groups is 1. The van der Waals surface area contributed by atoms with E-state index in [4.69, 9.17) is 9.47 Å². The highest BCUT2D eigenvalue weighted by Gasteiger charge is 2.35. The van der Waals surface area contributed by atoms with Crippen LogP contribution in [0.5, 0.6) is 11.5 Å². The van der Waals surface area contributed by atoms with E-state index in [0.29, 0.717) is 27.5 Å². The molecule has 0 aromatic heterocycles. The molecule has 2 aromatic carbocycles. The quantitative estimate of drug-likeness (QED) is 0.355. The van der Waals surface area contributed by atoms with Gasteiger partial charge in [0.25, 0.3) is 5.91 Å². The summed E-state index contributed by atoms with van der Waals surface area (Å²) in [6.45, 7) is 10.6. The Balaban J connectivity index is 1.90. The summed E-state index contributed by atoms with van der Waals surface area (Å²) < 4.78 is 25.7. The fourth-order valence-electron chi connectivity index (χ4n) is 3.21. The van der Waals surface area contributed by atoms with E-state index in [-0.39, 0.29) is 30.4 Å². The summed E-state index contributed by atoms with van der Waals surface area (Å²) in [5, 5.41) is 0.722. The van der Waals surface area contributed by atoms with Gasteiger partial charge in [0.15, 0.2) is 16.7 Å². The molecule has 176 valence electrons. The summed E-state index contributed by atoms with van der Waals surface area (Å²) in [5.74, 6) is 0.775. The molecule has 1 saturated heterocycles. The van der Waals surface area contributed by atoms with Crippen molar-refractivity contribution >= 4 is 44.8 Å². The minimum absolute atomic E-state index is 0.0151. The first kappa shape index (κ1) is 25.3. The van der Waals surface area contributed by atoms with Gasteiger partial charge in [0, 0.05) is 12.1 Å². The van der Waals surface area contributed by atoms with Crippen LogP contribution in [-0.2, 0) is 11.4 Å². The Bertz CT molecular complexity index is 1070. The van der Waals surface area contributed by atoms with E-state index >= 15 is 0 Å². The number of carbonyl (C=O) groups excluding carboxylic acids is 1.